The number of nitro benzene ring substituents is 1. The summed E-state index contributed by atoms with van der Waals surface area (Å²) in [6, 6.07) is 1.40. The van der Waals surface area contributed by atoms with Crippen LogP contribution in [0.25, 0.3) is 6.08 Å². The maximum atomic E-state index is 12.6. The molecule has 11 heteroatoms. The van der Waals surface area contributed by atoms with Crippen molar-refractivity contribution >= 4 is 40.6 Å². The fourth-order valence-electron chi connectivity index (χ4n) is 2.48. The van der Waals surface area contributed by atoms with Crippen LogP contribution in [0.15, 0.2) is 17.0 Å². The summed E-state index contributed by atoms with van der Waals surface area (Å²) in [5.41, 5.74) is -0.113. The van der Waals surface area contributed by atoms with Gasteiger partial charge in [0.15, 0.2) is 0 Å². The van der Waals surface area contributed by atoms with Gasteiger partial charge in [-0.15, -0.1) is 0 Å². The fourth-order valence-corrected chi connectivity index (χ4v) is 3.38. The summed E-state index contributed by atoms with van der Waals surface area (Å²) in [5, 5.41) is 10.6. The quantitative estimate of drug-likeness (QED) is 0.288. The Kier molecular flexibility index (Phi) is 6.62. The predicted octanol–water partition coefficient (Wildman–Crippen LogP) is 2.60. The van der Waals surface area contributed by atoms with Gasteiger partial charge in [-0.25, -0.2) is 4.79 Å². The minimum Gasteiger partial charge on any atom is -0.496 e. The van der Waals surface area contributed by atoms with Crippen LogP contribution in [-0.4, -0.2) is 53.8 Å². The molecule has 0 unspecified atom stereocenters. The van der Waals surface area contributed by atoms with Gasteiger partial charge in [0.2, 0.25) is 5.75 Å². The highest BCUT2D eigenvalue weighted by Gasteiger charge is 2.41. The van der Waals surface area contributed by atoms with Gasteiger partial charge in [-0.05, 0) is 31.7 Å². The minimum atomic E-state index is -1.09. The number of hydrogen-bond donors (Lipinski definition) is 0. The highest BCUT2D eigenvalue weighted by molar-refractivity contribution is 8.18. The average Bonchev–Trinajstić information content (AvgIpc) is 2.94. The van der Waals surface area contributed by atoms with Gasteiger partial charge in [0.05, 0.1) is 30.7 Å². The van der Waals surface area contributed by atoms with E-state index in [1.807, 2.05) is 0 Å². The number of carbonyl (C=O) groups excluding carboxylic acids is 3. The van der Waals surface area contributed by atoms with Crippen LogP contribution < -0.4 is 9.47 Å². The Labute approximate surface area is 164 Å². The van der Waals surface area contributed by atoms with E-state index in [9.17, 15) is 24.5 Å². The van der Waals surface area contributed by atoms with E-state index >= 15 is 0 Å². The second-order valence-corrected chi connectivity index (χ2v) is 6.50. The highest BCUT2D eigenvalue weighted by atomic mass is 32.2. The van der Waals surface area contributed by atoms with E-state index in [-0.39, 0.29) is 34.3 Å². The molecule has 1 aliphatic heterocycles. The molecule has 1 aromatic rings. The second kappa shape index (κ2) is 8.74. The maximum absolute atomic E-state index is 12.6. The molecule has 0 N–H and O–H groups in total. The van der Waals surface area contributed by atoms with Crippen LogP contribution in [0.3, 0.4) is 0 Å². The van der Waals surface area contributed by atoms with Crippen LogP contribution in [0.2, 0.25) is 0 Å². The summed E-state index contributed by atoms with van der Waals surface area (Å²) in [4.78, 5) is 48.1. The smallest absolute Gasteiger partial charge is 0.329 e. The van der Waals surface area contributed by atoms with Crippen LogP contribution in [0.4, 0.5) is 10.5 Å². The average molecular weight is 410 g/mol. The van der Waals surface area contributed by atoms with Crippen LogP contribution in [0.1, 0.15) is 19.4 Å². The number of amides is 2. The van der Waals surface area contributed by atoms with Gasteiger partial charge in [0.1, 0.15) is 11.8 Å². The van der Waals surface area contributed by atoms with Crippen molar-refractivity contribution in [1.29, 1.82) is 0 Å². The number of imide groups is 1. The maximum Gasteiger partial charge on any atom is 0.329 e. The topological polar surface area (TPSA) is 125 Å². The van der Waals surface area contributed by atoms with E-state index in [1.54, 1.807) is 6.92 Å². The van der Waals surface area contributed by atoms with Gasteiger partial charge in [0, 0.05) is 17.7 Å². The Morgan fingerprint density at radius 3 is 2.46 bits per heavy atom. The third kappa shape index (κ3) is 4.09. The first-order valence-electron chi connectivity index (χ1n) is 8.09. The molecule has 1 atom stereocenters. The van der Waals surface area contributed by atoms with E-state index in [2.05, 4.69) is 0 Å². The molecular weight excluding hydrogens is 392 g/mol. The third-order valence-electron chi connectivity index (χ3n) is 3.85. The van der Waals surface area contributed by atoms with Gasteiger partial charge in [-0.3, -0.25) is 24.6 Å². The van der Waals surface area contributed by atoms with Crippen molar-refractivity contribution in [3.05, 3.63) is 32.7 Å². The first kappa shape index (κ1) is 21.2. The number of carbonyl (C=O) groups is 3. The van der Waals surface area contributed by atoms with Crippen molar-refractivity contribution in [2.24, 2.45) is 0 Å². The van der Waals surface area contributed by atoms with E-state index in [0.29, 0.717) is 11.8 Å². The van der Waals surface area contributed by atoms with Gasteiger partial charge in [0.25, 0.3) is 11.1 Å². The predicted molar refractivity (Wildman–Crippen MR) is 100 cm³/mol. The van der Waals surface area contributed by atoms with Crippen LogP contribution in [0.5, 0.6) is 11.5 Å². The first-order valence-corrected chi connectivity index (χ1v) is 8.90. The molecule has 1 aliphatic rings. The van der Waals surface area contributed by atoms with Crippen LogP contribution in [0, 0.1) is 10.1 Å². The standard InChI is InChI=1S/C17H18N2O8S/c1-5-27-16(21)9(2)18-15(20)14(28-17(18)22)7-10-6-11(19(23)24)13(26-4)8-12(10)25-3/h6-9H,5H2,1-4H3/b14-7+/t9-/m0/s1. The highest BCUT2D eigenvalue weighted by Crippen LogP contribution is 2.39. The number of rotatable bonds is 7. The monoisotopic (exact) mass is 410 g/mol. The number of methoxy groups -OCH3 is 2. The summed E-state index contributed by atoms with van der Waals surface area (Å²) in [7, 11) is 2.64. The summed E-state index contributed by atoms with van der Waals surface area (Å²) < 4.78 is 15.0. The molecule has 2 rings (SSSR count). The molecule has 150 valence electrons. The molecule has 0 radical (unpaired) electrons. The number of nitrogens with zero attached hydrogens (tertiary/aromatic N) is 2. The Morgan fingerprint density at radius 2 is 1.93 bits per heavy atom. The van der Waals surface area contributed by atoms with Crippen LogP contribution >= 0.6 is 11.8 Å². The molecule has 28 heavy (non-hydrogen) atoms. The largest absolute Gasteiger partial charge is 0.496 e. The number of nitro groups is 1. The molecule has 0 aliphatic carbocycles. The summed E-state index contributed by atoms with van der Waals surface area (Å²) in [6.07, 6.45) is 1.30. The van der Waals surface area contributed by atoms with Crippen LogP contribution in [-0.2, 0) is 14.3 Å². The minimum absolute atomic E-state index is 0.00101. The molecule has 0 saturated carbocycles. The molecule has 1 saturated heterocycles. The lowest BCUT2D eigenvalue weighted by molar-refractivity contribution is -0.385. The Hall–Kier alpha value is -3.08. The molecule has 0 aromatic heterocycles. The zero-order chi connectivity index (χ0) is 21.0. The third-order valence-corrected chi connectivity index (χ3v) is 4.74. The molecule has 1 fully saturated rings. The van der Waals surface area contributed by atoms with Crippen molar-refractivity contribution in [2.45, 2.75) is 19.9 Å². The van der Waals surface area contributed by atoms with Crippen molar-refractivity contribution < 1.29 is 33.5 Å². The second-order valence-electron chi connectivity index (χ2n) is 5.50. The zero-order valence-corrected chi connectivity index (χ0v) is 16.4. The number of ether oxygens (including phenoxy) is 3. The summed E-state index contributed by atoms with van der Waals surface area (Å²) in [5.74, 6) is -1.20. The summed E-state index contributed by atoms with van der Waals surface area (Å²) >= 11 is 0.618. The number of benzene rings is 1. The van der Waals surface area contributed by atoms with Crippen molar-refractivity contribution in [1.82, 2.24) is 4.90 Å². The van der Waals surface area contributed by atoms with E-state index in [1.165, 1.54) is 39.4 Å². The molecule has 0 spiro atoms. The molecular formula is C17H18N2O8S. The van der Waals surface area contributed by atoms with Crippen molar-refractivity contribution in [3.63, 3.8) is 0 Å². The lowest BCUT2D eigenvalue weighted by Gasteiger charge is -2.19. The Balaban J connectivity index is 2.44. The number of thioether (sulfide) groups is 1. The van der Waals surface area contributed by atoms with Gasteiger partial charge >= 0.3 is 11.7 Å². The molecule has 10 nitrogen and oxygen atoms in total. The summed E-state index contributed by atoms with van der Waals surface area (Å²) in [6.45, 7) is 3.11. The van der Waals surface area contributed by atoms with E-state index in [4.69, 9.17) is 14.2 Å². The Morgan fingerprint density at radius 1 is 1.29 bits per heavy atom. The Bertz CT molecular complexity index is 867. The molecule has 2 amide bonds. The SMILES string of the molecule is CCOC(=O)[C@H](C)N1C(=O)S/C(=C/c2cc([N+](=O)[O-])c(OC)cc2OC)C1=O. The first-order chi connectivity index (χ1) is 13.2. The lowest BCUT2D eigenvalue weighted by atomic mass is 10.1. The molecule has 0 bridgehead atoms. The van der Waals surface area contributed by atoms with E-state index in [0.717, 1.165) is 4.90 Å². The van der Waals surface area contributed by atoms with Crippen molar-refractivity contribution in [2.75, 3.05) is 20.8 Å². The fraction of sp³-hybridized carbons (Fsp3) is 0.353. The lowest BCUT2D eigenvalue weighted by Crippen LogP contribution is -2.42. The van der Waals surface area contributed by atoms with Gasteiger partial charge < -0.3 is 14.2 Å². The number of hydrogen-bond acceptors (Lipinski definition) is 9. The zero-order valence-electron chi connectivity index (χ0n) is 15.6. The normalized spacial score (nSPS) is 16.3. The van der Waals surface area contributed by atoms with Gasteiger partial charge in [-0.1, -0.05) is 0 Å². The van der Waals surface area contributed by atoms with Gasteiger partial charge in [-0.2, -0.15) is 0 Å². The van der Waals surface area contributed by atoms with E-state index < -0.39 is 28.1 Å². The number of esters is 1. The van der Waals surface area contributed by atoms with Crippen molar-refractivity contribution in [3.8, 4) is 11.5 Å². The molecule has 1 aromatic carbocycles. The molecule has 1 heterocycles.